The number of hydrogen-bond donors (Lipinski definition) is 1. The van der Waals surface area contributed by atoms with Gasteiger partial charge in [-0.05, 0) is 40.8 Å². The largest absolute Gasteiger partial charge is 0.497 e. The molecule has 2 atom stereocenters. The van der Waals surface area contributed by atoms with E-state index in [-0.39, 0.29) is 12.3 Å². The standard InChI is InChI=1S/C19H22O5/c1-4-16(17(11-18(20)21)19(22)24-3)14-6-5-13-10-15(23-2)8-7-12(13)9-14/h5-10,16-17H,4,11H2,1-3H3,(H,20,21)/t16-,17-/m1/s1. The number of fused-ring (bicyclic) bond motifs is 1. The second-order valence-corrected chi connectivity index (χ2v) is 5.71. The predicted molar refractivity (Wildman–Crippen MR) is 91.3 cm³/mol. The van der Waals surface area contributed by atoms with E-state index in [1.54, 1.807) is 7.11 Å². The molecule has 0 spiro atoms. The van der Waals surface area contributed by atoms with Gasteiger partial charge in [-0.2, -0.15) is 0 Å². The Labute approximate surface area is 141 Å². The Morgan fingerprint density at radius 3 is 2.33 bits per heavy atom. The van der Waals surface area contributed by atoms with Crippen molar-refractivity contribution in [2.24, 2.45) is 5.92 Å². The molecule has 2 rings (SSSR count). The molecule has 5 heteroatoms. The molecule has 0 aliphatic carbocycles. The molecular weight excluding hydrogens is 308 g/mol. The van der Waals surface area contributed by atoms with Crippen molar-refractivity contribution >= 4 is 22.7 Å². The van der Waals surface area contributed by atoms with Crippen molar-refractivity contribution < 1.29 is 24.2 Å². The number of rotatable bonds is 7. The molecule has 0 amide bonds. The number of ether oxygens (including phenoxy) is 2. The Balaban J connectivity index is 2.42. The van der Waals surface area contributed by atoms with Gasteiger partial charge < -0.3 is 14.6 Å². The molecule has 128 valence electrons. The minimum absolute atomic E-state index is 0.208. The molecule has 0 fully saturated rings. The highest BCUT2D eigenvalue weighted by Gasteiger charge is 2.31. The molecule has 24 heavy (non-hydrogen) atoms. The molecule has 0 heterocycles. The van der Waals surface area contributed by atoms with Gasteiger partial charge in [0.05, 0.1) is 26.6 Å². The summed E-state index contributed by atoms with van der Waals surface area (Å²) in [5, 5.41) is 11.2. The lowest BCUT2D eigenvalue weighted by molar-refractivity contribution is -0.151. The predicted octanol–water partition coefficient (Wildman–Crippen LogP) is 3.61. The van der Waals surface area contributed by atoms with E-state index in [2.05, 4.69) is 0 Å². The average molecular weight is 330 g/mol. The van der Waals surface area contributed by atoms with Gasteiger partial charge in [-0.1, -0.05) is 31.2 Å². The lowest BCUT2D eigenvalue weighted by Gasteiger charge is -2.23. The molecule has 1 N–H and O–H groups in total. The van der Waals surface area contributed by atoms with E-state index in [9.17, 15) is 9.59 Å². The minimum Gasteiger partial charge on any atom is -0.497 e. The SMILES string of the molecule is CC[C@H](c1ccc2cc(OC)ccc2c1)[C@@H](CC(=O)O)C(=O)OC. The van der Waals surface area contributed by atoms with Crippen molar-refractivity contribution in [2.75, 3.05) is 14.2 Å². The molecule has 0 aliphatic heterocycles. The minimum atomic E-state index is -1.01. The highest BCUT2D eigenvalue weighted by atomic mass is 16.5. The molecule has 0 aliphatic rings. The second-order valence-electron chi connectivity index (χ2n) is 5.71. The van der Waals surface area contributed by atoms with Crippen LogP contribution in [0.2, 0.25) is 0 Å². The van der Waals surface area contributed by atoms with Gasteiger partial charge in [-0.3, -0.25) is 9.59 Å². The van der Waals surface area contributed by atoms with Crippen molar-refractivity contribution in [1.82, 2.24) is 0 Å². The smallest absolute Gasteiger partial charge is 0.309 e. The molecule has 0 bridgehead atoms. The first kappa shape index (κ1) is 17.8. The van der Waals surface area contributed by atoms with E-state index in [0.717, 1.165) is 22.1 Å². The summed E-state index contributed by atoms with van der Waals surface area (Å²) in [4.78, 5) is 23.2. The summed E-state index contributed by atoms with van der Waals surface area (Å²) in [7, 11) is 2.91. The van der Waals surface area contributed by atoms with E-state index < -0.39 is 17.9 Å². The van der Waals surface area contributed by atoms with Crippen LogP contribution in [0.3, 0.4) is 0 Å². The first-order valence-electron chi connectivity index (χ1n) is 7.87. The van der Waals surface area contributed by atoms with Crippen LogP contribution in [-0.2, 0) is 14.3 Å². The quantitative estimate of drug-likeness (QED) is 0.785. The fraction of sp³-hybridized carbons (Fsp3) is 0.368. The van der Waals surface area contributed by atoms with Crippen LogP contribution in [0.5, 0.6) is 5.75 Å². The zero-order valence-corrected chi connectivity index (χ0v) is 14.1. The summed E-state index contributed by atoms with van der Waals surface area (Å²) in [6, 6.07) is 11.7. The summed E-state index contributed by atoms with van der Waals surface area (Å²) < 4.78 is 10.0. The number of aliphatic carboxylic acids is 1. The van der Waals surface area contributed by atoms with E-state index in [0.29, 0.717) is 6.42 Å². The Morgan fingerprint density at radius 1 is 1.08 bits per heavy atom. The van der Waals surface area contributed by atoms with Crippen molar-refractivity contribution in [1.29, 1.82) is 0 Å². The number of methoxy groups -OCH3 is 2. The molecule has 0 saturated heterocycles. The third-order valence-corrected chi connectivity index (χ3v) is 4.32. The van der Waals surface area contributed by atoms with Crippen LogP contribution in [0.1, 0.15) is 31.2 Å². The first-order chi connectivity index (χ1) is 11.5. The Kier molecular flexibility index (Phi) is 5.79. The van der Waals surface area contributed by atoms with Crippen LogP contribution in [-0.4, -0.2) is 31.3 Å². The average Bonchev–Trinajstić information content (AvgIpc) is 2.59. The number of benzene rings is 2. The van der Waals surface area contributed by atoms with Gasteiger partial charge in [0.1, 0.15) is 5.75 Å². The van der Waals surface area contributed by atoms with Gasteiger partial charge in [0.2, 0.25) is 0 Å². The van der Waals surface area contributed by atoms with Crippen LogP contribution in [0.15, 0.2) is 36.4 Å². The van der Waals surface area contributed by atoms with Gasteiger partial charge in [-0.25, -0.2) is 0 Å². The number of carbonyl (C=O) groups excluding carboxylic acids is 1. The van der Waals surface area contributed by atoms with Gasteiger partial charge in [0.15, 0.2) is 0 Å². The van der Waals surface area contributed by atoms with E-state index in [4.69, 9.17) is 14.6 Å². The summed E-state index contributed by atoms with van der Waals surface area (Å²) in [5.74, 6) is -1.62. The summed E-state index contributed by atoms with van der Waals surface area (Å²) in [6.07, 6.45) is 0.403. The van der Waals surface area contributed by atoms with Crippen LogP contribution >= 0.6 is 0 Å². The number of esters is 1. The van der Waals surface area contributed by atoms with Gasteiger partial charge >= 0.3 is 11.9 Å². The van der Waals surface area contributed by atoms with Crippen molar-refractivity contribution in [3.05, 3.63) is 42.0 Å². The molecular formula is C19H22O5. The molecule has 0 unspecified atom stereocenters. The van der Waals surface area contributed by atoms with Gasteiger partial charge in [0.25, 0.3) is 0 Å². The number of carboxylic acids is 1. The van der Waals surface area contributed by atoms with Crippen molar-refractivity contribution in [2.45, 2.75) is 25.7 Å². The monoisotopic (exact) mass is 330 g/mol. The van der Waals surface area contributed by atoms with Crippen molar-refractivity contribution in [3.63, 3.8) is 0 Å². The summed E-state index contributed by atoms with van der Waals surface area (Å²) in [5.41, 5.74) is 0.937. The van der Waals surface area contributed by atoms with Crippen LogP contribution in [0.4, 0.5) is 0 Å². The highest BCUT2D eigenvalue weighted by molar-refractivity contribution is 5.85. The lowest BCUT2D eigenvalue weighted by atomic mass is 9.81. The topological polar surface area (TPSA) is 72.8 Å². The second kappa shape index (κ2) is 7.81. The maximum Gasteiger partial charge on any atom is 0.309 e. The molecule has 0 aromatic heterocycles. The molecule has 2 aromatic carbocycles. The van der Waals surface area contributed by atoms with Crippen LogP contribution in [0.25, 0.3) is 10.8 Å². The maximum absolute atomic E-state index is 12.1. The zero-order valence-electron chi connectivity index (χ0n) is 14.1. The molecule has 0 radical (unpaired) electrons. The van der Waals surface area contributed by atoms with Crippen LogP contribution < -0.4 is 4.74 Å². The lowest BCUT2D eigenvalue weighted by Crippen LogP contribution is -2.26. The maximum atomic E-state index is 12.1. The Hall–Kier alpha value is -2.56. The number of carboxylic acid groups (broad SMARTS) is 1. The Morgan fingerprint density at radius 2 is 1.75 bits per heavy atom. The normalized spacial score (nSPS) is 13.3. The summed E-state index contributed by atoms with van der Waals surface area (Å²) in [6.45, 7) is 1.95. The van der Waals surface area contributed by atoms with E-state index in [1.165, 1.54) is 7.11 Å². The molecule has 2 aromatic rings. The first-order valence-corrected chi connectivity index (χ1v) is 7.87. The van der Waals surface area contributed by atoms with Gasteiger partial charge in [0, 0.05) is 0 Å². The van der Waals surface area contributed by atoms with Gasteiger partial charge in [-0.15, -0.1) is 0 Å². The third kappa shape index (κ3) is 3.85. The third-order valence-electron chi connectivity index (χ3n) is 4.32. The van der Waals surface area contributed by atoms with E-state index >= 15 is 0 Å². The van der Waals surface area contributed by atoms with Crippen LogP contribution in [0, 0.1) is 5.92 Å². The number of carbonyl (C=O) groups is 2. The zero-order chi connectivity index (χ0) is 17.7. The molecule has 0 saturated carbocycles. The fourth-order valence-electron chi connectivity index (χ4n) is 3.08. The molecule has 5 nitrogen and oxygen atoms in total. The fourth-order valence-corrected chi connectivity index (χ4v) is 3.08. The number of hydrogen-bond acceptors (Lipinski definition) is 4. The van der Waals surface area contributed by atoms with Crippen molar-refractivity contribution in [3.8, 4) is 5.75 Å². The highest BCUT2D eigenvalue weighted by Crippen LogP contribution is 2.34. The summed E-state index contributed by atoms with van der Waals surface area (Å²) >= 11 is 0. The Bertz CT molecular complexity index is 738. The van der Waals surface area contributed by atoms with E-state index in [1.807, 2.05) is 43.3 Å².